The number of amides is 1. The molecule has 2 rings (SSSR count). The number of aliphatic imine (C=N–C) groups is 1. The number of ether oxygens (including phenoxy) is 1. The predicted molar refractivity (Wildman–Crippen MR) is 103 cm³/mol. The first-order chi connectivity index (χ1) is 10.7. The predicted octanol–water partition coefficient (Wildman–Crippen LogP) is 1.42. The van der Waals surface area contributed by atoms with Crippen LogP contribution in [0.4, 0.5) is 0 Å². The highest BCUT2D eigenvalue weighted by molar-refractivity contribution is 14.0. The second-order valence-electron chi connectivity index (χ2n) is 5.28. The maximum Gasteiger partial charge on any atom is 0.239 e. The average Bonchev–Trinajstić information content (AvgIpc) is 3.05. The molecular formula is C16H25IN4O2. The first-order valence-corrected chi connectivity index (χ1v) is 7.48. The fourth-order valence-corrected chi connectivity index (χ4v) is 2.68. The van der Waals surface area contributed by atoms with Gasteiger partial charge in [0.25, 0.3) is 0 Å². The molecule has 1 aromatic carbocycles. The molecule has 2 N–H and O–H groups in total. The molecule has 1 amide bonds. The lowest BCUT2D eigenvalue weighted by Crippen LogP contribution is -2.44. The molecule has 1 fully saturated rings. The van der Waals surface area contributed by atoms with E-state index < -0.39 is 0 Å². The van der Waals surface area contributed by atoms with Gasteiger partial charge < -0.3 is 20.3 Å². The number of guanidine groups is 1. The van der Waals surface area contributed by atoms with E-state index in [2.05, 4.69) is 32.7 Å². The van der Waals surface area contributed by atoms with Crippen molar-refractivity contribution >= 4 is 35.8 Å². The van der Waals surface area contributed by atoms with Crippen molar-refractivity contribution in [2.24, 2.45) is 4.99 Å². The number of carbonyl (C=O) groups is 1. The molecule has 1 heterocycles. The van der Waals surface area contributed by atoms with Gasteiger partial charge in [-0.25, -0.2) is 0 Å². The number of likely N-dealkylation sites (tertiary alicyclic amines) is 1. The third-order valence-corrected chi connectivity index (χ3v) is 3.97. The minimum absolute atomic E-state index is 0. The Morgan fingerprint density at radius 2 is 2.09 bits per heavy atom. The molecule has 7 heteroatoms. The summed E-state index contributed by atoms with van der Waals surface area (Å²) < 4.78 is 5.20. The van der Waals surface area contributed by atoms with Crippen LogP contribution in [0, 0.1) is 0 Å². The molecule has 1 aliphatic heterocycles. The van der Waals surface area contributed by atoms with E-state index in [9.17, 15) is 4.79 Å². The fraction of sp³-hybridized carbons (Fsp3) is 0.500. The third-order valence-electron chi connectivity index (χ3n) is 3.97. The van der Waals surface area contributed by atoms with Crippen LogP contribution in [0.25, 0.3) is 0 Å². The minimum Gasteiger partial charge on any atom is -0.497 e. The molecule has 0 aliphatic carbocycles. The number of benzene rings is 1. The van der Waals surface area contributed by atoms with E-state index in [1.54, 1.807) is 21.2 Å². The summed E-state index contributed by atoms with van der Waals surface area (Å²) >= 11 is 0. The van der Waals surface area contributed by atoms with E-state index in [4.69, 9.17) is 4.74 Å². The van der Waals surface area contributed by atoms with Crippen molar-refractivity contribution < 1.29 is 9.53 Å². The van der Waals surface area contributed by atoms with Gasteiger partial charge in [0.05, 0.1) is 13.7 Å². The van der Waals surface area contributed by atoms with Gasteiger partial charge in [0.2, 0.25) is 5.91 Å². The summed E-state index contributed by atoms with van der Waals surface area (Å²) in [4.78, 5) is 17.8. The van der Waals surface area contributed by atoms with Gasteiger partial charge in [-0.2, -0.15) is 0 Å². The highest BCUT2D eigenvalue weighted by Gasteiger charge is 2.26. The molecule has 1 aromatic rings. The smallest absolute Gasteiger partial charge is 0.239 e. The lowest BCUT2D eigenvalue weighted by molar-refractivity contribution is -0.119. The maximum absolute atomic E-state index is 11.3. The lowest BCUT2D eigenvalue weighted by Gasteiger charge is -2.21. The minimum atomic E-state index is -0.0490. The second-order valence-corrected chi connectivity index (χ2v) is 5.28. The Balaban J connectivity index is 0.00000264. The Morgan fingerprint density at radius 3 is 2.65 bits per heavy atom. The van der Waals surface area contributed by atoms with Crippen LogP contribution in [-0.4, -0.2) is 57.6 Å². The largest absolute Gasteiger partial charge is 0.497 e. The third kappa shape index (κ3) is 5.26. The van der Waals surface area contributed by atoms with Crippen LogP contribution in [0.1, 0.15) is 17.9 Å². The highest BCUT2D eigenvalue weighted by atomic mass is 127. The molecule has 6 nitrogen and oxygen atoms in total. The molecule has 128 valence electrons. The van der Waals surface area contributed by atoms with E-state index in [-0.39, 0.29) is 36.4 Å². The monoisotopic (exact) mass is 432 g/mol. The number of nitrogens with zero attached hydrogens (tertiary/aromatic N) is 2. The molecule has 0 spiro atoms. The Bertz CT molecular complexity index is 533. The quantitative estimate of drug-likeness (QED) is 0.429. The molecule has 0 saturated carbocycles. The highest BCUT2D eigenvalue weighted by Crippen LogP contribution is 2.28. The number of likely N-dealkylation sites (N-methyl/N-ethyl adjacent to an activating group) is 1. The van der Waals surface area contributed by atoms with Crippen LogP contribution in [0.5, 0.6) is 5.75 Å². The van der Waals surface area contributed by atoms with Gasteiger partial charge in [-0.3, -0.25) is 9.79 Å². The van der Waals surface area contributed by atoms with Gasteiger partial charge in [0.15, 0.2) is 5.96 Å². The lowest BCUT2D eigenvalue weighted by atomic mass is 9.98. The van der Waals surface area contributed by atoms with Gasteiger partial charge in [0.1, 0.15) is 5.75 Å². The zero-order valence-electron chi connectivity index (χ0n) is 13.8. The van der Waals surface area contributed by atoms with Crippen molar-refractivity contribution in [3.05, 3.63) is 29.8 Å². The van der Waals surface area contributed by atoms with E-state index in [1.165, 1.54) is 5.56 Å². The van der Waals surface area contributed by atoms with Crippen molar-refractivity contribution in [3.63, 3.8) is 0 Å². The number of carbonyl (C=O) groups excluding carboxylic acids is 1. The maximum atomic E-state index is 11.3. The van der Waals surface area contributed by atoms with Crippen LogP contribution in [0.2, 0.25) is 0 Å². The van der Waals surface area contributed by atoms with E-state index >= 15 is 0 Å². The summed E-state index contributed by atoms with van der Waals surface area (Å²) in [5.41, 5.74) is 1.31. The number of halogens is 1. The first-order valence-electron chi connectivity index (χ1n) is 7.48. The fourth-order valence-electron chi connectivity index (χ4n) is 2.68. The van der Waals surface area contributed by atoms with Gasteiger partial charge in [-0.15, -0.1) is 24.0 Å². The molecular weight excluding hydrogens is 407 g/mol. The van der Waals surface area contributed by atoms with E-state index in [0.717, 1.165) is 31.2 Å². The molecule has 23 heavy (non-hydrogen) atoms. The number of methoxy groups -OCH3 is 1. The second kappa shape index (κ2) is 9.59. The van der Waals surface area contributed by atoms with Crippen LogP contribution in [0.15, 0.2) is 29.3 Å². The molecule has 1 unspecified atom stereocenters. The van der Waals surface area contributed by atoms with Gasteiger partial charge in [-0.05, 0) is 24.1 Å². The molecule has 1 saturated heterocycles. The van der Waals surface area contributed by atoms with Crippen LogP contribution < -0.4 is 15.4 Å². The Hall–Kier alpha value is -1.51. The Labute approximate surface area is 154 Å². The summed E-state index contributed by atoms with van der Waals surface area (Å²) in [6.07, 6.45) is 1.08. The van der Waals surface area contributed by atoms with Crippen molar-refractivity contribution in [2.75, 3.05) is 40.8 Å². The zero-order chi connectivity index (χ0) is 15.9. The zero-order valence-corrected chi connectivity index (χ0v) is 16.2. The summed E-state index contributed by atoms with van der Waals surface area (Å²) in [5, 5.41) is 5.69. The van der Waals surface area contributed by atoms with Crippen LogP contribution in [0.3, 0.4) is 0 Å². The summed E-state index contributed by atoms with van der Waals surface area (Å²) in [7, 11) is 5.05. The van der Waals surface area contributed by atoms with Crippen molar-refractivity contribution in [1.82, 2.24) is 15.5 Å². The van der Waals surface area contributed by atoms with Gasteiger partial charge in [-0.1, -0.05) is 12.1 Å². The number of hydrogen-bond donors (Lipinski definition) is 2. The molecule has 1 aliphatic rings. The molecule has 0 aromatic heterocycles. The van der Waals surface area contributed by atoms with E-state index in [0.29, 0.717) is 5.92 Å². The number of hydrogen-bond acceptors (Lipinski definition) is 3. The van der Waals surface area contributed by atoms with Crippen molar-refractivity contribution in [2.45, 2.75) is 12.3 Å². The Morgan fingerprint density at radius 1 is 1.39 bits per heavy atom. The van der Waals surface area contributed by atoms with Crippen LogP contribution in [-0.2, 0) is 4.79 Å². The standard InChI is InChI=1S/C16H24N4O2.HI/c1-17-15(21)10-19-16(18-2)20-9-8-13(11-20)12-4-6-14(22-3)7-5-12;/h4-7,13H,8-11H2,1-3H3,(H,17,21)(H,18,19);1H. The molecule has 0 bridgehead atoms. The summed E-state index contributed by atoms with van der Waals surface area (Å²) in [6, 6.07) is 8.23. The topological polar surface area (TPSA) is 66.0 Å². The first kappa shape index (κ1) is 19.5. The van der Waals surface area contributed by atoms with Crippen molar-refractivity contribution in [1.29, 1.82) is 0 Å². The summed E-state index contributed by atoms with van der Waals surface area (Å²) in [5.74, 6) is 2.08. The average molecular weight is 432 g/mol. The Kier molecular flexibility index (Phi) is 8.15. The molecule has 1 atom stereocenters. The number of nitrogens with one attached hydrogen (secondary N) is 2. The number of rotatable bonds is 4. The van der Waals surface area contributed by atoms with Gasteiger partial charge in [0, 0.05) is 33.1 Å². The molecule has 0 radical (unpaired) electrons. The summed E-state index contributed by atoms with van der Waals surface area (Å²) in [6.45, 7) is 2.08. The van der Waals surface area contributed by atoms with E-state index in [1.807, 2.05) is 12.1 Å². The van der Waals surface area contributed by atoms with Gasteiger partial charge >= 0.3 is 0 Å². The normalized spacial score (nSPS) is 17.4. The van der Waals surface area contributed by atoms with Crippen LogP contribution >= 0.6 is 24.0 Å². The SMILES string of the molecule is CN=C(NCC(=O)NC)N1CCC(c2ccc(OC)cc2)C1.I. The van der Waals surface area contributed by atoms with Crippen molar-refractivity contribution in [3.8, 4) is 5.75 Å².